The lowest BCUT2D eigenvalue weighted by atomic mass is 10.2. The SMILES string of the molecule is COc1ccc(C)c2sc(=NC(=O)CSCc3ccccc3)n(C)c12. The van der Waals surface area contributed by atoms with Gasteiger partial charge < -0.3 is 9.30 Å². The Morgan fingerprint density at radius 3 is 2.72 bits per heavy atom. The van der Waals surface area contributed by atoms with Gasteiger partial charge in [-0.05, 0) is 24.1 Å². The number of carbonyl (C=O) groups excluding carboxylic acids is 1. The molecule has 0 aliphatic carbocycles. The van der Waals surface area contributed by atoms with Crippen LogP contribution in [0.3, 0.4) is 0 Å². The molecule has 6 heteroatoms. The quantitative estimate of drug-likeness (QED) is 0.682. The maximum absolute atomic E-state index is 12.2. The summed E-state index contributed by atoms with van der Waals surface area (Å²) in [6.07, 6.45) is 0. The Kier molecular flexibility index (Phi) is 5.60. The third kappa shape index (κ3) is 3.96. The number of thiazole rings is 1. The molecule has 0 bridgehead atoms. The smallest absolute Gasteiger partial charge is 0.258 e. The highest BCUT2D eigenvalue weighted by atomic mass is 32.2. The minimum absolute atomic E-state index is 0.111. The van der Waals surface area contributed by atoms with Crippen molar-refractivity contribution in [1.29, 1.82) is 0 Å². The van der Waals surface area contributed by atoms with Gasteiger partial charge in [-0.15, -0.1) is 11.8 Å². The van der Waals surface area contributed by atoms with E-state index >= 15 is 0 Å². The Balaban J connectivity index is 1.80. The van der Waals surface area contributed by atoms with Crippen LogP contribution in [-0.4, -0.2) is 23.3 Å². The highest BCUT2D eigenvalue weighted by molar-refractivity contribution is 7.99. The number of rotatable bonds is 5. The van der Waals surface area contributed by atoms with Crippen LogP contribution in [0.1, 0.15) is 11.1 Å². The number of hydrogen-bond donors (Lipinski definition) is 0. The van der Waals surface area contributed by atoms with Crippen molar-refractivity contribution in [2.75, 3.05) is 12.9 Å². The van der Waals surface area contributed by atoms with Gasteiger partial charge in [0.1, 0.15) is 11.3 Å². The van der Waals surface area contributed by atoms with E-state index < -0.39 is 0 Å². The van der Waals surface area contributed by atoms with Crippen LogP contribution in [0, 0.1) is 6.92 Å². The van der Waals surface area contributed by atoms with Crippen LogP contribution in [0.25, 0.3) is 10.2 Å². The maximum Gasteiger partial charge on any atom is 0.258 e. The molecule has 0 saturated carbocycles. The molecule has 0 N–H and O–H groups in total. The topological polar surface area (TPSA) is 43.6 Å². The molecule has 0 radical (unpaired) electrons. The summed E-state index contributed by atoms with van der Waals surface area (Å²) >= 11 is 3.11. The first-order chi connectivity index (χ1) is 12.1. The minimum Gasteiger partial charge on any atom is -0.495 e. The molecule has 0 fully saturated rings. The first-order valence-corrected chi connectivity index (χ1v) is 9.89. The average molecular weight is 373 g/mol. The number of benzene rings is 2. The molecular weight excluding hydrogens is 352 g/mol. The number of methoxy groups -OCH3 is 1. The molecule has 0 atom stereocenters. The van der Waals surface area contributed by atoms with Crippen molar-refractivity contribution in [3.8, 4) is 5.75 Å². The van der Waals surface area contributed by atoms with Crippen LogP contribution < -0.4 is 9.54 Å². The van der Waals surface area contributed by atoms with Crippen molar-refractivity contribution in [1.82, 2.24) is 4.57 Å². The molecule has 4 nitrogen and oxygen atoms in total. The molecule has 0 spiro atoms. The fourth-order valence-electron chi connectivity index (χ4n) is 2.59. The second-order valence-corrected chi connectivity index (χ2v) is 7.65. The molecule has 130 valence electrons. The number of carbonyl (C=O) groups is 1. The number of ether oxygens (including phenoxy) is 1. The predicted molar refractivity (Wildman–Crippen MR) is 105 cm³/mol. The Bertz CT molecular complexity index is 959. The van der Waals surface area contributed by atoms with Gasteiger partial charge in [0.15, 0.2) is 4.80 Å². The molecule has 1 aromatic heterocycles. The lowest BCUT2D eigenvalue weighted by molar-refractivity contribution is -0.115. The second kappa shape index (κ2) is 7.89. The molecule has 3 aromatic rings. The molecule has 0 saturated heterocycles. The standard InChI is InChI=1S/C19H20N2O2S2/c1-13-9-10-15(23-3)17-18(13)25-19(21(17)2)20-16(22)12-24-11-14-7-5-4-6-8-14/h4-10H,11-12H2,1-3H3. The predicted octanol–water partition coefficient (Wildman–Crippen LogP) is 3.92. The van der Waals surface area contributed by atoms with Crippen molar-refractivity contribution in [2.45, 2.75) is 12.7 Å². The number of thioether (sulfide) groups is 1. The normalized spacial score (nSPS) is 11.9. The van der Waals surface area contributed by atoms with E-state index in [1.165, 1.54) is 16.9 Å². The average Bonchev–Trinajstić information content (AvgIpc) is 2.94. The summed E-state index contributed by atoms with van der Waals surface area (Å²) in [5, 5.41) is 0. The first-order valence-electron chi connectivity index (χ1n) is 7.92. The molecule has 25 heavy (non-hydrogen) atoms. The molecule has 0 unspecified atom stereocenters. The summed E-state index contributed by atoms with van der Waals surface area (Å²) in [6, 6.07) is 14.1. The zero-order valence-electron chi connectivity index (χ0n) is 14.5. The van der Waals surface area contributed by atoms with Crippen LogP contribution in [0.15, 0.2) is 47.5 Å². The fraction of sp³-hybridized carbons (Fsp3) is 0.263. The third-order valence-electron chi connectivity index (χ3n) is 3.88. The summed E-state index contributed by atoms with van der Waals surface area (Å²) in [4.78, 5) is 17.3. The lowest BCUT2D eigenvalue weighted by Crippen LogP contribution is -2.14. The zero-order valence-corrected chi connectivity index (χ0v) is 16.1. The minimum atomic E-state index is -0.111. The van der Waals surface area contributed by atoms with Gasteiger partial charge in [0.05, 0.1) is 17.6 Å². The van der Waals surface area contributed by atoms with Crippen molar-refractivity contribution >= 4 is 39.2 Å². The van der Waals surface area contributed by atoms with Crippen LogP contribution in [0.2, 0.25) is 0 Å². The van der Waals surface area contributed by atoms with Gasteiger partial charge in [0, 0.05) is 12.8 Å². The number of aromatic nitrogens is 1. The molecule has 1 amide bonds. The van der Waals surface area contributed by atoms with Gasteiger partial charge in [0.25, 0.3) is 5.91 Å². The Labute approximate surface area is 155 Å². The first kappa shape index (κ1) is 17.8. The van der Waals surface area contributed by atoms with Crippen molar-refractivity contribution in [3.63, 3.8) is 0 Å². The van der Waals surface area contributed by atoms with Crippen molar-refractivity contribution < 1.29 is 9.53 Å². The molecule has 0 aliphatic rings. The number of fused-ring (bicyclic) bond motifs is 1. The Morgan fingerprint density at radius 1 is 1.24 bits per heavy atom. The highest BCUT2D eigenvalue weighted by Gasteiger charge is 2.12. The summed E-state index contributed by atoms with van der Waals surface area (Å²) < 4.78 is 8.49. The van der Waals surface area contributed by atoms with Gasteiger partial charge in [-0.2, -0.15) is 4.99 Å². The van der Waals surface area contributed by atoms with Crippen LogP contribution in [-0.2, 0) is 17.6 Å². The maximum atomic E-state index is 12.2. The van der Waals surface area contributed by atoms with E-state index in [1.807, 2.05) is 41.9 Å². The van der Waals surface area contributed by atoms with E-state index in [1.54, 1.807) is 18.9 Å². The number of amides is 1. The highest BCUT2D eigenvalue weighted by Crippen LogP contribution is 2.29. The molecular formula is C19H20N2O2S2. The van der Waals surface area contributed by atoms with E-state index in [4.69, 9.17) is 4.74 Å². The second-order valence-electron chi connectivity index (χ2n) is 5.69. The number of aryl methyl sites for hydroxylation is 2. The Hall–Kier alpha value is -2.05. The summed E-state index contributed by atoms with van der Waals surface area (Å²) in [5.41, 5.74) is 3.35. The monoisotopic (exact) mass is 372 g/mol. The largest absolute Gasteiger partial charge is 0.495 e. The van der Waals surface area contributed by atoms with Gasteiger partial charge in [-0.1, -0.05) is 47.7 Å². The van der Waals surface area contributed by atoms with Crippen LogP contribution >= 0.6 is 23.1 Å². The van der Waals surface area contributed by atoms with E-state index in [0.717, 1.165) is 27.3 Å². The number of nitrogens with zero attached hydrogens (tertiary/aromatic N) is 2. The van der Waals surface area contributed by atoms with Crippen molar-refractivity contribution in [2.24, 2.45) is 12.0 Å². The summed E-state index contributed by atoms with van der Waals surface area (Å²) in [7, 11) is 3.58. The lowest BCUT2D eigenvalue weighted by Gasteiger charge is -2.05. The molecule has 0 aliphatic heterocycles. The Morgan fingerprint density at radius 2 is 2.00 bits per heavy atom. The third-order valence-corrected chi connectivity index (χ3v) is 6.14. The van der Waals surface area contributed by atoms with E-state index in [9.17, 15) is 4.79 Å². The van der Waals surface area contributed by atoms with Gasteiger partial charge in [-0.25, -0.2) is 0 Å². The molecule has 1 heterocycles. The zero-order chi connectivity index (χ0) is 17.8. The van der Waals surface area contributed by atoms with E-state index in [0.29, 0.717) is 10.6 Å². The van der Waals surface area contributed by atoms with Crippen LogP contribution in [0.5, 0.6) is 5.75 Å². The summed E-state index contributed by atoms with van der Waals surface area (Å²) in [5.74, 6) is 1.87. The summed E-state index contributed by atoms with van der Waals surface area (Å²) in [6.45, 7) is 2.06. The fourth-order valence-corrected chi connectivity index (χ4v) is 4.48. The van der Waals surface area contributed by atoms with Gasteiger partial charge in [0.2, 0.25) is 0 Å². The molecule has 3 rings (SSSR count). The molecule has 2 aromatic carbocycles. The van der Waals surface area contributed by atoms with Gasteiger partial charge >= 0.3 is 0 Å². The van der Waals surface area contributed by atoms with E-state index in [2.05, 4.69) is 24.0 Å². The van der Waals surface area contributed by atoms with Gasteiger partial charge in [-0.3, -0.25) is 4.79 Å². The van der Waals surface area contributed by atoms with E-state index in [-0.39, 0.29) is 5.91 Å². The number of hydrogen-bond acceptors (Lipinski definition) is 4. The van der Waals surface area contributed by atoms with Crippen molar-refractivity contribution in [3.05, 3.63) is 58.4 Å². The van der Waals surface area contributed by atoms with Crippen LogP contribution in [0.4, 0.5) is 0 Å².